The molecule has 0 radical (unpaired) electrons. The average Bonchev–Trinajstić information content (AvgIpc) is 2.88. The maximum atomic E-state index is 8.99. The van der Waals surface area contributed by atoms with Gasteiger partial charge in [0.1, 0.15) is 5.49 Å². The second-order valence-electron chi connectivity index (χ2n) is 3.81. The van der Waals surface area contributed by atoms with E-state index in [1.165, 1.54) is 0 Å². The summed E-state index contributed by atoms with van der Waals surface area (Å²) in [5.41, 5.74) is 2.48. The van der Waals surface area contributed by atoms with Crippen LogP contribution < -0.4 is 5.49 Å². The lowest BCUT2D eigenvalue weighted by atomic mass is 10.1. The number of fused-ring (bicyclic) bond motifs is 3. The Morgan fingerprint density at radius 2 is 2.12 bits per heavy atom. The summed E-state index contributed by atoms with van der Waals surface area (Å²) in [7, 11) is 0. The molecule has 1 aromatic heterocycles. The van der Waals surface area contributed by atoms with Crippen molar-refractivity contribution in [3.05, 3.63) is 47.7 Å². The van der Waals surface area contributed by atoms with E-state index in [4.69, 9.17) is 10.7 Å². The quantitative estimate of drug-likeness (QED) is 0.608. The molecule has 2 heterocycles. The van der Waals surface area contributed by atoms with Crippen LogP contribution in [0.5, 0.6) is 0 Å². The molecule has 0 aromatic carbocycles. The van der Waals surface area contributed by atoms with E-state index in [1.807, 2.05) is 18.5 Å². The first kappa shape index (κ1) is 9.55. The fraction of sp³-hybridized carbons (Fsp3) is 0. The summed E-state index contributed by atoms with van der Waals surface area (Å²) >= 11 is 0. The van der Waals surface area contributed by atoms with Crippen LogP contribution in [-0.4, -0.2) is 9.97 Å². The summed E-state index contributed by atoms with van der Waals surface area (Å²) in [5.74, 6) is 0. The average molecular weight is 220 g/mol. The van der Waals surface area contributed by atoms with E-state index in [2.05, 4.69) is 16.0 Å². The van der Waals surface area contributed by atoms with E-state index in [0.717, 1.165) is 22.0 Å². The van der Waals surface area contributed by atoms with Crippen molar-refractivity contribution >= 4 is 10.8 Å². The Labute approximate surface area is 97.0 Å². The van der Waals surface area contributed by atoms with Crippen molar-refractivity contribution in [1.29, 1.82) is 10.7 Å². The van der Waals surface area contributed by atoms with Gasteiger partial charge in [0.15, 0.2) is 0 Å². The molecule has 0 saturated carbocycles. The van der Waals surface area contributed by atoms with Crippen LogP contribution in [0.3, 0.4) is 0 Å². The lowest BCUT2D eigenvalue weighted by molar-refractivity contribution is 1.15. The summed E-state index contributed by atoms with van der Waals surface area (Å²) in [4.78, 5) is 7.15. The Kier molecular flexibility index (Phi) is 1.92. The fourth-order valence-corrected chi connectivity index (χ4v) is 1.96. The Morgan fingerprint density at radius 3 is 2.94 bits per heavy atom. The first-order valence-corrected chi connectivity index (χ1v) is 5.14. The van der Waals surface area contributed by atoms with Crippen LogP contribution in [0, 0.1) is 16.7 Å². The number of nitrogens with one attached hydrogen (secondary N) is 2. The van der Waals surface area contributed by atoms with Gasteiger partial charge in [-0.25, -0.2) is 4.98 Å². The van der Waals surface area contributed by atoms with Gasteiger partial charge in [-0.15, -0.1) is 0 Å². The smallest absolute Gasteiger partial charge is 0.145 e. The Hall–Kier alpha value is -2.67. The van der Waals surface area contributed by atoms with Crippen LogP contribution in [-0.2, 0) is 0 Å². The minimum Gasteiger partial charge on any atom is -0.366 e. The standard InChI is InChI=1S/C13H8N4/c14-5-8-1-2-12-10(4-13(15)17-12)11-7-16-6-9(11)3-8/h1-4,6-7,15-16H. The van der Waals surface area contributed by atoms with Crippen molar-refractivity contribution < 1.29 is 0 Å². The van der Waals surface area contributed by atoms with Gasteiger partial charge < -0.3 is 4.98 Å². The second-order valence-corrected chi connectivity index (χ2v) is 3.81. The van der Waals surface area contributed by atoms with Crippen LogP contribution >= 0.6 is 0 Å². The maximum absolute atomic E-state index is 8.99. The Balaban J connectivity index is 2.57. The number of nitrogens with zero attached hydrogens (tertiary/aromatic N) is 2. The maximum Gasteiger partial charge on any atom is 0.145 e. The van der Waals surface area contributed by atoms with E-state index in [9.17, 15) is 0 Å². The lowest BCUT2D eigenvalue weighted by Crippen LogP contribution is -1.93. The summed E-state index contributed by atoms with van der Waals surface area (Å²) in [5, 5.41) is 18.5. The summed E-state index contributed by atoms with van der Waals surface area (Å²) in [6.07, 6.45) is 3.70. The number of nitriles is 1. The van der Waals surface area contributed by atoms with Gasteiger partial charge in [0.25, 0.3) is 0 Å². The number of H-pyrrole nitrogens is 1. The van der Waals surface area contributed by atoms with Crippen LogP contribution in [0.15, 0.2) is 36.7 Å². The predicted molar refractivity (Wildman–Crippen MR) is 63.3 cm³/mol. The highest BCUT2D eigenvalue weighted by Crippen LogP contribution is 2.26. The fourth-order valence-electron chi connectivity index (χ4n) is 1.96. The third-order valence-corrected chi connectivity index (χ3v) is 2.73. The molecule has 0 unspecified atom stereocenters. The third kappa shape index (κ3) is 1.45. The molecule has 0 atom stereocenters. The molecule has 0 fully saturated rings. The van der Waals surface area contributed by atoms with E-state index in [1.54, 1.807) is 18.2 Å². The zero-order chi connectivity index (χ0) is 11.8. The van der Waals surface area contributed by atoms with Crippen LogP contribution in [0.4, 0.5) is 0 Å². The molecule has 80 valence electrons. The van der Waals surface area contributed by atoms with E-state index >= 15 is 0 Å². The molecule has 4 nitrogen and oxygen atoms in total. The topological polar surface area (TPSA) is 76.3 Å². The molecule has 4 heteroatoms. The number of hydrogen-bond donors (Lipinski definition) is 2. The SMILES string of the molecule is N#Cc1ccc2nc(=N)cc-2c2c[nH]cc2c1. The number of hydrogen-bond acceptors (Lipinski definition) is 3. The van der Waals surface area contributed by atoms with Gasteiger partial charge in [-0.3, -0.25) is 5.41 Å². The molecule has 1 aromatic rings. The normalized spacial score (nSPS) is 10.5. The molecule has 3 rings (SSSR count). The van der Waals surface area contributed by atoms with Crippen LogP contribution in [0.1, 0.15) is 5.56 Å². The van der Waals surface area contributed by atoms with E-state index < -0.39 is 0 Å². The second kappa shape index (κ2) is 3.42. The molecule has 1 aliphatic carbocycles. The highest BCUT2D eigenvalue weighted by atomic mass is 14.8. The predicted octanol–water partition coefficient (Wildman–Crippen LogP) is 2.02. The van der Waals surface area contributed by atoms with E-state index in [-0.39, 0.29) is 5.49 Å². The minimum atomic E-state index is 0.243. The Morgan fingerprint density at radius 1 is 1.24 bits per heavy atom. The van der Waals surface area contributed by atoms with Crippen molar-refractivity contribution in [1.82, 2.24) is 9.97 Å². The monoisotopic (exact) mass is 220 g/mol. The van der Waals surface area contributed by atoms with Crippen LogP contribution in [0.2, 0.25) is 0 Å². The van der Waals surface area contributed by atoms with Crippen molar-refractivity contribution in [2.24, 2.45) is 0 Å². The van der Waals surface area contributed by atoms with Gasteiger partial charge in [-0.05, 0) is 24.3 Å². The van der Waals surface area contributed by atoms with Gasteiger partial charge in [-0.2, -0.15) is 5.26 Å². The Bertz CT molecular complexity index is 779. The summed E-state index contributed by atoms with van der Waals surface area (Å²) in [6, 6.07) is 9.18. The zero-order valence-corrected chi connectivity index (χ0v) is 8.86. The van der Waals surface area contributed by atoms with Crippen molar-refractivity contribution in [3.8, 4) is 17.3 Å². The molecule has 1 aliphatic heterocycles. The van der Waals surface area contributed by atoms with Gasteiger partial charge in [0.2, 0.25) is 0 Å². The van der Waals surface area contributed by atoms with Crippen LogP contribution in [0.25, 0.3) is 22.0 Å². The molecule has 0 spiro atoms. The molecule has 2 N–H and O–H groups in total. The van der Waals surface area contributed by atoms with Crippen molar-refractivity contribution in [2.75, 3.05) is 0 Å². The molecule has 17 heavy (non-hydrogen) atoms. The number of aromatic amines is 1. The third-order valence-electron chi connectivity index (χ3n) is 2.73. The van der Waals surface area contributed by atoms with Crippen molar-refractivity contribution in [2.45, 2.75) is 0 Å². The van der Waals surface area contributed by atoms with Gasteiger partial charge in [0, 0.05) is 28.7 Å². The lowest BCUT2D eigenvalue weighted by Gasteiger charge is -1.95. The molecular formula is C13H8N4. The first-order valence-electron chi connectivity index (χ1n) is 5.14. The van der Waals surface area contributed by atoms with Gasteiger partial charge in [0.05, 0.1) is 17.3 Å². The zero-order valence-electron chi connectivity index (χ0n) is 8.86. The highest BCUT2D eigenvalue weighted by Gasteiger charge is 2.08. The molecule has 0 amide bonds. The summed E-state index contributed by atoms with van der Waals surface area (Å²) in [6.45, 7) is 0. The largest absolute Gasteiger partial charge is 0.366 e. The van der Waals surface area contributed by atoms with Crippen molar-refractivity contribution in [3.63, 3.8) is 0 Å². The minimum absolute atomic E-state index is 0.243. The summed E-state index contributed by atoms with van der Waals surface area (Å²) < 4.78 is 0. The number of rotatable bonds is 0. The molecule has 0 saturated heterocycles. The number of aromatic nitrogens is 2. The van der Waals surface area contributed by atoms with E-state index in [0.29, 0.717) is 5.56 Å². The molecule has 0 bridgehead atoms. The first-order chi connectivity index (χ1) is 8.28. The highest BCUT2D eigenvalue weighted by molar-refractivity contribution is 5.95. The molecule has 2 aliphatic rings. The van der Waals surface area contributed by atoms with Gasteiger partial charge >= 0.3 is 0 Å². The van der Waals surface area contributed by atoms with Gasteiger partial charge in [-0.1, -0.05) is 0 Å². The molecular weight excluding hydrogens is 212 g/mol.